The van der Waals surface area contributed by atoms with Gasteiger partial charge in [0.1, 0.15) is 17.6 Å². The van der Waals surface area contributed by atoms with Crippen LogP contribution in [0.5, 0.6) is 0 Å². The lowest BCUT2D eigenvalue weighted by Gasteiger charge is -2.35. The van der Waals surface area contributed by atoms with Crippen LogP contribution in [0.25, 0.3) is 0 Å². The van der Waals surface area contributed by atoms with Crippen LogP contribution in [0.15, 0.2) is 23.0 Å². The Labute approximate surface area is 147 Å². The van der Waals surface area contributed by atoms with E-state index < -0.39 is 0 Å². The quantitative estimate of drug-likeness (QED) is 0.892. The molecule has 0 bridgehead atoms. The molecule has 8 heteroatoms. The summed E-state index contributed by atoms with van der Waals surface area (Å²) < 4.78 is 7.30. The van der Waals surface area contributed by atoms with E-state index in [-0.39, 0.29) is 29.8 Å². The molecule has 1 aliphatic rings. The minimum Gasteiger partial charge on any atom is -0.360 e. The van der Waals surface area contributed by atoms with Crippen LogP contribution >= 0.6 is 12.4 Å². The molecule has 1 amide bonds. The summed E-state index contributed by atoms with van der Waals surface area (Å²) in [6.45, 7) is 8.15. The van der Waals surface area contributed by atoms with Gasteiger partial charge in [0.2, 0.25) is 0 Å². The molecule has 0 radical (unpaired) electrons. The normalized spacial score (nSPS) is 18.3. The summed E-state index contributed by atoms with van der Waals surface area (Å²) in [5.41, 5.74) is 0.185. The number of aryl methyl sites for hydroxylation is 1. The molecule has 3 rings (SSSR count). The molecule has 2 aromatic heterocycles. The molecule has 1 fully saturated rings. The summed E-state index contributed by atoms with van der Waals surface area (Å²) in [5.74, 6) is 1.47. The van der Waals surface area contributed by atoms with Gasteiger partial charge in [-0.05, 0) is 0 Å². The fourth-order valence-corrected chi connectivity index (χ4v) is 2.75. The molecule has 1 atom stereocenters. The van der Waals surface area contributed by atoms with E-state index >= 15 is 0 Å². The molecule has 0 aliphatic carbocycles. The molecular formula is C16H24ClN5O2. The number of piperazine rings is 1. The number of nitrogens with zero attached hydrogens (tertiary/aromatic N) is 4. The molecule has 1 saturated heterocycles. The Bertz CT molecular complexity index is 703. The van der Waals surface area contributed by atoms with Crippen molar-refractivity contribution in [2.45, 2.75) is 32.2 Å². The van der Waals surface area contributed by atoms with Gasteiger partial charge in [-0.1, -0.05) is 25.9 Å². The zero-order valence-electron chi connectivity index (χ0n) is 14.4. The van der Waals surface area contributed by atoms with Crippen LogP contribution in [0.2, 0.25) is 0 Å². The zero-order chi connectivity index (χ0) is 16.6. The molecule has 7 nitrogen and oxygen atoms in total. The number of imidazole rings is 1. The Morgan fingerprint density at radius 2 is 2.17 bits per heavy atom. The van der Waals surface area contributed by atoms with E-state index in [2.05, 4.69) is 15.5 Å². The predicted octanol–water partition coefficient (Wildman–Crippen LogP) is 1.91. The minimum absolute atomic E-state index is 0. The predicted molar refractivity (Wildman–Crippen MR) is 92.3 cm³/mol. The third-order valence-electron chi connectivity index (χ3n) is 4.13. The van der Waals surface area contributed by atoms with Crippen molar-refractivity contribution < 1.29 is 9.32 Å². The second-order valence-corrected chi connectivity index (χ2v) is 6.94. The number of halogens is 1. The molecular weight excluding hydrogens is 330 g/mol. The summed E-state index contributed by atoms with van der Waals surface area (Å²) in [5, 5.41) is 7.31. The molecule has 1 aliphatic heterocycles. The van der Waals surface area contributed by atoms with Gasteiger partial charge in [0.15, 0.2) is 5.69 Å². The molecule has 1 N–H and O–H groups in total. The first-order valence-electron chi connectivity index (χ1n) is 7.84. The summed E-state index contributed by atoms with van der Waals surface area (Å²) in [6.07, 6.45) is 3.64. The Morgan fingerprint density at radius 1 is 1.42 bits per heavy atom. The molecule has 3 heterocycles. The third kappa shape index (κ3) is 3.47. The Kier molecular flexibility index (Phi) is 5.35. The molecule has 0 spiro atoms. The Morgan fingerprint density at radius 3 is 2.75 bits per heavy atom. The number of hydrogen-bond acceptors (Lipinski definition) is 5. The minimum atomic E-state index is -0.173. The number of carbonyl (C=O) groups excluding carboxylic acids is 1. The van der Waals surface area contributed by atoms with E-state index in [1.54, 1.807) is 12.3 Å². The molecule has 0 aromatic carbocycles. The van der Waals surface area contributed by atoms with Crippen LogP contribution < -0.4 is 5.32 Å². The number of nitrogens with one attached hydrogen (secondary N) is 1. The van der Waals surface area contributed by atoms with E-state index in [0.29, 0.717) is 24.5 Å². The number of hydrogen-bond donors (Lipinski definition) is 1. The maximum atomic E-state index is 12.9. The van der Waals surface area contributed by atoms with Gasteiger partial charge in [0, 0.05) is 50.6 Å². The first kappa shape index (κ1) is 18.5. The van der Waals surface area contributed by atoms with Crippen LogP contribution in [0, 0.1) is 0 Å². The van der Waals surface area contributed by atoms with Crippen molar-refractivity contribution in [2.75, 3.05) is 19.6 Å². The number of carbonyl (C=O) groups is 1. The average molecular weight is 354 g/mol. The largest absolute Gasteiger partial charge is 0.360 e. The lowest BCUT2D eigenvalue weighted by molar-refractivity contribution is 0.0610. The lowest BCUT2D eigenvalue weighted by atomic mass is 9.93. The molecule has 24 heavy (non-hydrogen) atoms. The lowest BCUT2D eigenvalue weighted by Crippen LogP contribution is -2.49. The topological polar surface area (TPSA) is 76.2 Å². The molecule has 2 aromatic rings. The van der Waals surface area contributed by atoms with Crippen LogP contribution in [0.1, 0.15) is 48.9 Å². The van der Waals surface area contributed by atoms with Gasteiger partial charge >= 0.3 is 0 Å². The standard InChI is InChI=1S/C16H23N5O2.ClH/c1-16(2,3)13-9-11(19-23-13)15(22)21-8-5-17-10-12(21)14-18-6-7-20(14)4;/h6-7,9,12,17H,5,8,10H2,1-4H3;1H. The van der Waals surface area contributed by atoms with Crippen molar-refractivity contribution >= 4 is 18.3 Å². The first-order chi connectivity index (χ1) is 10.9. The van der Waals surface area contributed by atoms with Crippen LogP contribution in [0.3, 0.4) is 0 Å². The number of rotatable bonds is 2. The average Bonchev–Trinajstić information content (AvgIpc) is 3.15. The van der Waals surface area contributed by atoms with Gasteiger partial charge in [-0.3, -0.25) is 4.79 Å². The fraction of sp³-hybridized carbons (Fsp3) is 0.562. The van der Waals surface area contributed by atoms with Gasteiger partial charge in [0.25, 0.3) is 5.91 Å². The second-order valence-electron chi connectivity index (χ2n) is 6.94. The Balaban J connectivity index is 0.00000208. The molecule has 1 unspecified atom stereocenters. The van der Waals surface area contributed by atoms with Crippen molar-refractivity contribution in [1.82, 2.24) is 24.9 Å². The van der Waals surface area contributed by atoms with Crippen molar-refractivity contribution in [3.05, 3.63) is 35.7 Å². The van der Waals surface area contributed by atoms with Crippen molar-refractivity contribution in [2.24, 2.45) is 7.05 Å². The van der Waals surface area contributed by atoms with Gasteiger partial charge in [0.05, 0.1) is 0 Å². The number of amides is 1. The summed E-state index contributed by atoms with van der Waals surface area (Å²) in [6, 6.07) is 1.64. The highest BCUT2D eigenvalue weighted by atomic mass is 35.5. The Hall–Kier alpha value is -1.86. The maximum Gasteiger partial charge on any atom is 0.276 e. The van der Waals surface area contributed by atoms with Gasteiger partial charge in [-0.25, -0.2) is 4.98 Å². The third-order valence-corrected chi connectivity index (χ3v) is 4.13. The SMILES string of the molecule is Cl.Cn1ccnc1C1CNCCN1C(=O)c1cc(C(C)(C)C)on1. The van der Waals surface area contributed by atoms with E-state index in [1.807, 2.05) is 43.5 Å². The van der Waals surface area contributed by atoms with Crippen LogP contribution in [-0.4, -0.2) is 45.1 Å². The second kappa shape index (κ2) is 6.94. The van der Waals surface area contributed by atoms with Gasteiger partial charge < -0.3 is 19.3 Å². The van der Waals surface area contributed by atoms with E-state index in [1.165, 1.54) is 0 Å². The van der Waals surface area contributed by atoms with Gasteiger partial charge in [-0.15, -0.1) is 12.4 Å². The highest BCUT2D eigenvalue weighted by molar-refractivity contribution is 5.92. The van der Waals surface area contributed by atoms with Crippen LogP contribution in [-0.2, 0) is 12.5 Å². The zero-order valence-corrected chi connectivity index (χ0v) is 15.3. The molecule has 0 saturated carbocycles. The summed E-state index contributed by atoms with van der Waals surface area (Å²) in [4.78, 5) is 19.1. The van der Waals surface area contributed by atoms with E-state index in [0.717, 1.165) is 12.4 Å². The van der Waals surface area contributed by atoms with Gasteiger partial charge in [-0.2, -0.15) is 0 Å². The monoisotopic (exact) mass is 353 g/mol. The highest BCUT2D eigenvalue weighted by Crippen LogP contribution is 2.26. The first-order valence-corrected chi connectivity index (χ1v) is 7.84. The highest BCUT2D eigenvalue weighted by Gasteiger charge is 2.33. The summed E-state index contributed by atoms with van der Waals surface area (Å²) in [7, 11) is 1.94. The molecule has 132 valence electrons. The number of aromatic nitrogens is 3. The van der Waals surface area contributed by atoms with Crippen molar-refractivity contribution in [3.8, 4) is 0 Å². The van der Waals surface area contributed by atoms with Crippen molar-refractivity contribution in [3.63, 3.8) is 0 Å². The maximum absolute atomic E-state index is 12.9. The van der Waals surface area contributed by atoms with E-state index in [9.17, 15) is 4.79 Å². The van der Waals surface area contributed by atoms with Crippen LogP contribution in [0.4, 0.5) is 0 Å². The van der Waals surface area contributed by atoms with E-state index in [4.69, 9.17) is 4.52 Å². The van der Waals surface area contributed by atoms with Crippen molar-refractivity contribution in [1.29, 1.82) is 0 Å². The smallest absolute Gasteiger partial charge is 0.276 e. The fourth-order valence-electron chi connectivity index (χ4n) is 2.75. The summed E-state index contributed by atoms with van der Waals surface area (Å²) >= 11 is 0.